The summed E-state index contributed by atoms with van der Waals surface area (Å²) in [5, 5.41) is 0. The molecule has 0 amide bonds. The Hall–Kier alpha value is -2.34. The molecular formula is C22H30O6. The third-order valence-electron chi connectivity index (χ3n) is 4.11. The van der Waals surface area contributed by atoms with Crippen molar-refractivity contribution in [1.29, 1.82) is 0 Å². The van der Waals surface area contributed by atoms with Gasteiger partial charge in [0.1, 0.15) is 18.5 Å². The molecule has 0 spiro atoms. The van der Waals surface area contributed by atoms with E-state index in [2.05, 4.69) is 0 Å². The highest BCUT2D eigenvalue weighted by atomic mass is 16.7. The lowest BCUT2D eigenvalue weighted by molar-refractivity contribution is -0.142. The highest BCUT2D eigenvalue weighted by molar-refractivity contribution is 5.66. The van der Waals surface area contributed by atoms with Gasteiger partial charge < -0.3 is 18.9 Å². The van der Waals surface area contributed by atoms with E-state index in [1.165, 1.54) is 6.92 Å². The van der Waals surface area contributed by atoms with Gasteiger partial charge in [-0.15, -0.1) is 0 Å². The second kappa shape index (κ2) is 10.3. The van der Waals surface area contributed by atoms with Gasteiger partial charge in [0.2, 0.25) is 0 Å². The average Bonchev–Trinajstić information content (AvgIpc) is 2.59. The summed E-state index contributed by atoms with van der Waals surface area (Å²) < 4.78 is 21.9. The van der Waals surface area contributed by atoms with Gasteiger partial charge in [-0.3, -0.25) is 4.79 Å². The van der Waals surface area contributed by atoms with Gasteiger partial charge in [0.15, 0.2) is 0 Å². The smallest absolute Gasteiger partial charge is 0.461 e. The van der Waals surface area contributed by atoms with Crippen LogP contribution in [-0.2, 0) is 25.6 Å². The molecule has 1 aliphatic carbocycles. The Balaban J connectivity index is 1.96. The predicted molar refractivity (Wildman–Crippen MR) is 105 cm³/mol. The van der Waals surface area contributed by atoms with Gasteiger partial charge in [-0.05, 0) is 63.8 Å². The quantitative estimate of drug-likeness (QED) is 0.402. The maximum atomic E-state index is 12.3. The summed E-state index contributed by atoms with van der Waals surface area (Å²) in [5.41, 5.74) is 0.471. The van der Waals surface area contributed by atoms with E-state index in [9.17, 15) is 9.59 Å². The first kappa shape index (κ1) is 22.0. The van der Waals surface area contributed by atoms with Crippen LogP contribution in [-0.4, -0.2) is 29.9 Å². The van der Waals surface area contributed by atoms with Crippen LogP contribution in [0.1, 0.15) is 58.9 Å². The van der Waals surface area contributed by atoms with Crippen LogP contribution >= 0.6 is 0 Å². The molecule has 0 saturated carbocycles. The molecule has 1 aromatic carbocycles. The summed E-state index contributed by atoms with van der Waals surface area (Å²) in [6.45, 7) is 7.50. The Kier molecular flexibility index (Phi) is 8.05. The van der Waals surface area contributed by atoms with Crippen molar-refractivity contribution >= 4 is 12.1 Å². The second-order valence-electron chi connectivity index (χ2n) is 7.84. The summed E-state index contributed by atoms with van der Waals surface area (Å²) >= 11 is 0. The van der Waals surface area contributed by atoms with Crippen LogP contribution in [0, 0.1) is 0 Å². The van der Waals surface area contributed by atoms with Crippen LogP contribution < -0.4 is 4.74 Å². The minimum absolute atomic E-state index is 0.179. The van der Waals surface area contributed by atoms with E-state index in [-0.39, 0.29) is 24.3 Å². The number of rotatable bonds is 5. The van der Waals surface area contributed by atoms with Crippen LogP contribution in [0.4, 0.5) is 4.79 Å². The molecule has 0 fully saturated rings. The van der Waals surface area contributed by atoms with E-state index in [4.69, 9.17) is 18.9 Å². The zero-order valence-corrected chi connectivity index (χ0v) is 17.1. The number of benzene rings is 1. The molecule has 0 N–H and O–H groups in total. The molecule has 1 aromatic rings. The largest absolute Gasteiger partial charge is 0.514 e. The molecule has 0 aromatic heterocycles. The van der Waals surface area contributed by atoms with Gasteiger partial charge >= 0.3 is 12.1 Å². The molecular weight excluding hydrogens is 360 g/mol. The minimum Gasteiger partial charge on any atom is -0.461 e. The Morgan fingerprint density at radius 3 is 2.46 bits per heavy atom. The first-order valence-corrected chi connectivity index (χ1v) is 9.68. The molecule has 0 heterocycles. The van der Waals surface area contributed by atoms with E-state index in [0.717, 1.165) is 31.2 Å². The SMILES string of the molecule is CC(=O)OCc1ccc(OC(=O)OC2/C=C/CCCCC2OC(C)(C)C)cc1. The van der Waals surface area contributed by atoms with E-state index < -0.39 is 12.3 Å². The van der Waals surface area contributed by atoms with E-state index >= 15 is 0 Å². The van der Waals surface area contributed by atoms with Crippen molar-refractivity contribution in [3.63, 3.8) is 0 Å². The van der Waals surface area contributed by atoms with Gasteiger partial charge in [0, 0.05) is 6.92 Å². The predicted octanol–water partition coefficient (Wildman–Crippen LogP) is 4.95. The lowest BCUT2D eigenvalue weighted by Gasteiger charge is -2.32. The van der Waals surface area contributed by atoms with Gasteiger partial charge in [0.05, 0.1) is 11.7 Å². The molecule has 154 valence electrons. The van der Waals surface area contributed by atoms with E-state index in [1.807, 2.05) is 32.9 Å². The molecule has 28 heavy (non-hydrogen) atoms. The topological polar surface area (TPSA) is 71.1 Å². The summed E-state index contributed by atoms with van der Waals surface area (Å²) in [5.74, 6) is 0.0166. The number of hydrogen-bond donors (Lipinski definition) is 0. The number of esters is 1. The van der Waals surface area contributed by atoms with Gasteiger partial charge in [0.25, 0.3) is 0 Å². The first-order valence-electron chi connectivity index (χ1n) is 9.68. The van der Waals surface area contributed by atoms with Gasteiger partial charge in [-0.2, -0.15) is 0 Å². The van der Waals surface area contributed by atoms with Gasteiger partial charge in [-0.25, -0.2) is 4.79 Å². The number of ether oxygens (including phenoxy) is 4. The van der Waals surface area contributed by atoms with Crippen LogP contribution in [0.2, 0.25) is 0 Å². The molecule has 2 atom stereocenters. The fourth-order valence-electron chi connectivity index (χ4n) is 2.89. The lowest BCUT2D eigenvalue weighted by Crippen LogP contribution is -2.38. The van der Waals surface area contributed by atoms with Crippen LogP contribution in [0.15, 0.2) is 36.4 Å². The van der Waals surface area contributed by atoms with Crippen molar-refractivity contribution in [2.45, 2.75) is 77.8 Å². The van der Waals surface area contributed by atoms with Crippen LogP contribution in [0.3, 0.4) is 0 Å². The lowest BCUT2D eigenvalue weighted by atomic mass is 10.00. The van der Waals surface area contributed by atoms with Crippen LogP contribution in [0.5, 0.6) is 5.75 Å². The molecule has 0 radical (unpaired) electrons. The summed E-state index contributed by atoms with van der Waals surface area (Å²) in [6.07, 6.45) is 6.33. The number of allylic oxidation sites excluding steroid dienone is 1. The Morgan fingerprint density at radius 2 is 1.82 bits per heavy atom. The Morgan fingerprint density at radius 1 is 1.11 bits per heavy atom. The molecule has 6 nitrogen and oxygen atoms in total. The number of carbonyl (C=O) groups is 2. The van der Waals surface area contributed by atoms with Crippen molar-refractivity contribution in [3.05, 3.63) is 42.0 Å². The van der Waals surface area contributed by atoms with Crippen molar-refractivity contribution in [1.82, 2.24) is 0 Å². The Bertz CT molecular complexity index is 671. The first-order chi connectivity index (χ1) is 13.2. The average molecular weight is 390 g/mol. The third kappa shape index (κ3) is 8.13. The highest BCUT2D eigenvalue weighted by Gasteiger charge is 2.29. The molecule has 0 saturated heterocycles. The Labute approximate surface area is 166 Å². The second-order valence-corrected chi connectivity index (χ2v) is 7.84. The van der Waals surface area contributed by atoms with E-state index in [0.29, 0.717) is 5.75 Å². The zero-order chi connectivity index (χ0) is 20.6. The summed E-state index contributed by atoms with van der Waals surface area (Å²) in [4.78, 5) is 23.1. The fourth-order valence-corrected chi connectivity index (χ4v) is 2.89. The minimum atomic E-state index is -0.773. The van der Waals surface area contributed by atoms with Crippen molar-refractivity contribution < 1.29 is 28.5 Å². The molecule has 2 rings (SSSR count). The standard InChI is InChI=1S/C22H30O6/c1-16(23)25-15-17-11-13-18(14-12-17)26-21(24)27-19-9-7-5-6-8-10-20(19)28-22(2,3)4/h7,9,11-14,19-20H,5-6,8,10,15H2,1-4H3/b9-7+. The summed E-state index contributed by atoms with van der Waals surface area (Å²) in [6, 6.07) is 6.73. The molecule has 1 aliphatic rings. The van der Waals surface area contributed by atoms with E-state index in [1.54, 1.807) is 24.3 Å². The fraction of sp³-hybridized carbons (Fsp3) is 0.545. The highest BCUT2D eigenvalue weighted by Crippen LogP contribution is 2.24. The zero-order valence-electron chi connectivity index (χ0n) is 17.1. The molecule has 2 unspecified atom stereocenters. The number of carbonyl (C=O) groups excluding carboxylic acids is 2. The monoisotopic (exact) mass is 390 g/mol. The molecule has 0 bridgehead atoms. The normalized spacial score (nSPS) is 21.1. The number of hydrogen-bond acceptors (Lipinski definition) is 6. The summed E-state index contributed by atoms with van der Waals surface area (Å²) in [7, 11) is 0. The maximum absolute atomic E-state index is 12.3. The van der Waals surface area contributed by atoms with Crippen LogP contribution in [0.25, 0.3) is 0 Å². The van der Waals surface area contributed by atoms with Crippen molar-refractivity contribution in [2.75, 3.05) is 0 Å². The third-order valence-corrected chi connectivity index (χ3v) is 4.11. The van der Waals surface area contributed by atoms with Gasteiger partial charge in [-0.1, -0.05) is 24.6 Å². The molecule has 0 aliphatic heterocycles. The van der Waals surface area contributed by atoms with Crippen molar-refractivity contribution in [3.8, 4) is 5.75 Å². The maximum Gasteiger partial charge on any atom is 0.514 e. The van der Waals surface area contributed by atoms with Crippen molar-refractivity contribution in [2.24, 2.45) is 0 Å². The molecule has 6 heteroatoms.